The third-order valence-electron chi connectivity index (χ3n) is 1.88. The molecule has 1 unspecified atom stereocenters. The van der Waals surface area contributed by atoms with Gasteiger partial charge in [-0.05, 0) is 19.3 Å². The number of alkyl halides is 3. The zero-order chi connectivity index (χ0) is 9.35. The van der Waals surface area contributed by atoms with Crippen LogP contribution in [0.5, 0.6) is 0 Å². The number of allylic oxidation sites excluding steroid dienone is 1. The molecule has 0 saturated carbocycles. The van der Waals surface area contributed by atoms with E-state index in [4.69, 9.17) is 0 Å². The molecule has 0 amide bonds. The van der Waals surface area contributed by atoms with Gasteiger partial charge in [0.05, 0.1) is 5.57 Å². The zero-order valence-electron chi connectivity index (χ0n) is 6.94. The Kier molecular flexibility index (Phi) is 2.26. The number of rotatable bonds is 0. The Hall–Kier alpha value is -0.800. The third kappa shape index (κ3) is 1.87. The smallest absolute Gasteiger partial charge is 0.266 e. The zero-order valence-corrected chi connectivity index (χ0v) is 6.94. The van der Waals surface area contributed by atoms with Gasteiger partial charge in [0.25, 0.3) is 0 Å². The lowest BCUT2D eigenvalue weighted by Crippen LogP contribution is -2.22. The molecule has 1 aliphatic heterocycles. The van der Waals surface area contributed by atoms with Crippen LogP contribution in [0.25, 0.3) is 0 Å². The molecule has 0 saturated heterocycles. The number of halogens is 3. The monoisotopic (exact) mass is 177 g/mol. The second-order valence-electron chi connectivity index (χ2n) is 3.05. The lowest BCUT2D eigenvalue weighted by atomic mass is 9.94. The quantitative estimate of drug-likeness (QED) is 0.539. The number of nitrogens with zero attached hydrogens (tertiary/aromatic N) is 1. The van der Waals surface area contributed by atoms with Gasteiger partial charge in [-0.3, -0.25) is 4.99 Å². The molecule has 4 heteroatoms. The van der Waals surface area contributed by atoms with Gasteiger partial charge in [0.2, 0.25) is 0 Å². The van der Waals surface area contributed by atoms with Gasteiger partial charge in [0.15, 0.2) is 0 Å². The van der Waals surface area contributed by atoms with Crippen LogP contribution in [0.4, 0.5) is 13.2 Å². The van der Waals surface area contributed by atoms with Crippen LogP contribution in [0, 0.1) is 5.92 Å². The molecular formula is C8H10F3N. The van der Waals surface area contributed by atoms with Crippen molar-refractivity contribution < 1.29 is 13.2 Å². The summed E-state index contributed by atoms with van der Waals surface area (Å²) in [5.74, 6) is -0.456. The Morgan fingerprint density at radius 2 is 2.08 bits per heavy atom. The SMILES string of the molecule is CC1=NC=C(C(F)(F)F)C(C)C1. The van der Waals surface area contributed by atoms with E-state index in [2.05, 4.69) is 4.99 Å². The van der Waals surface area contributed by atoms with Gasteiger partial charge in [-0.25, -0.2) is 0 Å². The fourth-order valence-electron chi connectivity index (χ4n) is 1.27. The van der Waals surface area contributed by atoms with Gasteiger partial charge in [-0.2, -0.15) is 13.2 Å². The average molecular weight is 177 g/mol. The molecule has 0 aromatic carbocycles. The topological polar surface area (TPSA) is 12.4 Å². The van der Waals surface area contributed by atoms with Crippen molar-refractivity contribution in [3.8, 4) is 0 Å². The van der Waals surface area contributed by atoms with Crippen molar-refractivity contribution in [2.24, 2.45) is 10.9 Å². The van der Waals surface area contributed by atoms with E-state index in [1.54, 1.807) is 13.8 Å². The van der Waals surface area contributed by atoms with Gasteiger partial charge in [0, 0.05) is 11.9 Å². The summed E-state index contributed by atoms with van der Waals surface area (Å²) in [6, 6.07) is 0. The molecule has 0 radical (unpaired) electrons. The Morgan fingerprint density at radius 3 is 2.50 bits per heavy atom. The van der Waals surface area contributed by atoms with Crippen molar-refractivity contribution in [1.82, 2.24) is 0 Å². The first-order chi connectivity index (χ1) is 5.41. The molecule has 68 valence electrons. The fraction of sp³-hybridized carbons (Fsp3) is 0.625. The molecule has 0 bridgehead atoms. The molecule has 1 aliphatic rings. The number of aliphatic imine (C=N–C) groups is 1. The summed E-state index contributed by atoms with van der Waals surface area (Å²) in [6.45, 7) is 3.30. The molecule has 1 atom stereocenters. The molecule has 0 spiro atoms. The second kappa shape index (κ2) is 2.92. The molecule has 0 N–H and O–H groups in total. The maximum absolute atomic E-state index is 12.2. The van der Waals surface area contributed by atoms with Crippen LogP contribution in [0.15, 0.2) is 16.8 Å². The number of hydrogen-bond acceptors (Lipinski definition) is 1. The first-order valence-corrected chi connectivity index (χ1v) is 3.72. The van der Waals surface area contributed by atoms with E-state index in [1.807, 2.05) is 0 Å². The average Bonchev–Trinajstić information content (AvgIpc) is 1.83. The lowest BCUT2D eigenvalue weighted by molar-refractivity contribution is -0.0984. The normalized spacial score (nSPS) is 24.9. The first-order valence-electron chi connectivity index (χ1n) is 3.72. The maximum atomic E-state index is 12.2. The van der Waals surface area contributed by atoms with Crippen molar-refractivity contribution in [3.05, 3.63) is 11.8 Å². The van der Waals surface area contributed by atoms with Crippen LogP contribution in [0.3, 0.4) is 0 Å². The molecule has 1 heterocycles. The Bertz CT molecular complexity index is 237. The summed E-state index contributed by atoms with van der Waals surface area (Å²) in [4.78, 5) is 3.66. The molecule has 0 aliphatic carbocycles. The van der Waals surface area contributed by atoms with Crippen molar-refractivity contribution in [2.45, 2.75) is 26.4 Å². The van der Waals surface area contributed by atoms with E-state index in [0.29, 0.717) is 6.42 Å². The molecule has 1 nitrogen and oxygen atoms in total. The van der Waals surface area contributed by atoms with E-state index in [9.17, 15) is 13.2 Å². The summed E-state index contributed by atoms with van der Waals surface area (Å²) >= 11 is 0. The predicted molar refractivity (Wildman–Crippen MR) is 41.0 cm³/mol. The van der Waals surface area contributed by atoms with E-state index in [1.165, 1.54) is 0 Å². The van der Waals surface area contributed by atoms with Crippen LogP contribution in [-0.2, 0) is 0 Å². The highest BCUT2D eigenvalue weighted by Gasteiger charge is 2.37. The molecule has 0 fully saturated rings. The first kappa shape index (κ1) is 9.29. The van der Waals surface area contributed by atoms with E-state index in [0.717, 1.165) is 11.9 Å². The summed E-state index contributed by atoms with van der Waals surface area (Å²) in [5.41, 5.74) is 0.239. The summed E-state index contributed by atoms with van der Waals surface area (Å²) in [7, 11) is 0. The maximum Gasteiger partial charge on any atom is 0.414 e. The standard InChI is InChI=1S/C8H10F3N/c1-5-3-6(2)12-4-7(5)8(9,10)11/h4-5H,3H2,1-2H3. The van der Waals surface area contributed by atoms with Crippen LogP contribution in [0.1, 0.15) is 20.3 Å². The van der Waals surface area contributed by atoms with Gasteiger partial charge < -0.3 is 0 Å². The summed E-state index contributed by atoms with van der Waals surface area (Å²) in [5, 5.41) is 0. The van der Waals surface area contributed by atoms with Crippen LogP contribution in [-0.4, -0.2) is 11.9 Å². The predicted octanol–water partition coefficient (Wildman–Crippen LogP) is 2.93. The molecular weight excluding hydrogens is 167 g/mol. The van der Waals surface area contributed by atoms with Crippen LogP contribution >= 0.6 is 0 Å². The fourth-order valence-corrected chi connectivity index (χ4v) is 1.27. The minimum Gasteiger partial charge on any atom is -0.266 e. The van der Waals surface area contributed by atoms with Crippen molar-refractivity contribution in [2.75, 3.05) is 0 Å². The van der Waals surface area contributed by atoms with E-state index in [-0.39, 0.29) is 0 Å². The third-order valence-corrected chi connectivity index (χ3v) is 1.88. The summed E-state index contributed by atoms with van der Waals surface area (Å²) < 4.78 is 36.5. The number of hydrogen-bond donors (Lipinski definition) is 0. The van der Waals surface area contributed by atoms with Crippen molar-refractivity contribution in [1.29, 1.82) is 0 Å². The van der Waals surface area contributed by atoms with E-state index >= 15 is 0 Å². The molecule has 0 aromatic heterocycles. The second-order valence-corrected chi connectivity index (χ2v) is 3.05. The van der Waals surface area contributed by atoms with Crippen LogP contribution in [0.2, 0.25) is 0 Å². The minimum atomic E-state index is -4.22. The molecule has 12 heavy (non-hydrogen) atoms. The Balaban J connectivity index is 2.91. The van der Waals surface area contributed by atoms with Crippen LogP contribution < -0.4 is 0 Å². The minimum absolute atomic E-state index is 0.408. The highest BCUT2D eigenvalue weighted by molar-refractivity contribution is 5.83. The molecule has 1 rings (SSSR count). The van der Waals surface area contributed by atoms with Crippen molar-refractivity contribution in [3.63, 3.8) is 0 Å². The van der Waals surface area contributed by atoms with Gasteiger partial charge in [-0.1, -0.05) is 6.92 Å². The lowest BCUT2D eigenvalue weighted by Gasteiger charge is -2.20. The Labute approximate surface area is 69.0 Å². The summed E-state index contributed by atoms with van der Waals surface area (Å²) in [6.07, 6.45) is -2.88. The highest BCUT2D eigenvalue weighted by atomic mass is 19.4. The van der Waals surface area contributed by atoms with Gasteiger partial charge >= 0.3 is 6.18 Å². The van der Waals surface area contributed by atoms with Gasteiger partial charge in [-0.15, -0.1) is 0 Å². The van der Waals surface area contributed by atoms with Gasteiger partial charge in [0.1, 0.15) is 0 Å². The largest absolute Gasteiger partial charge is 0.414 e. The Morgan fingerprint density at radius 1 is 1.50 bits per heavy atom. The highest BCUT2D eigenvalue weighted by Crippen LogP contribution is 2.34. The molecule has 0 aromatic rings. The van der Waals surface area contributed by atoms with Crippen molar-refractivity contribution >= 4 is 5.71 Å². The van der Waals surface area contributed by atoms with E-state index < -0.39 is 17.7 Å².